The lowest BCUT2D eigenvalue weighted by Gasteiger charge is -2.20. The van der Waals surface area contributed by atoms with Gasteiger partial charge in [-0.2, -0.15) is 4.31 Å². The summed E-state index contributed by atoms with van der Waals surface area (Å²) in [5.74, 6) is 0.425. The molecule has 0 spiro atoms. The van der Waals surface area contributed by atoms with Gasteiger partial charge in [-0.15, -0.1) is 0 Å². The van der Waals surface area contributed by atoms with Crippen molar-refractivity contribution in [2.75, 3.05) is 26.0 Å². The Morgan fingerprint density at radius 1 is 1.04 bits per heavy atom. The number of hydrogen-bond donors (Lipinski definition) is 1. The number of nitrogens with zero attached hydrogens (tertiary/aromatic N) is 1. The average Bonchev–Trinajstić information content (AvgIpc) is 2.62. The number of aryl methyl sites for hydroxylation is 3. The maximum Gasteiger partial charge on any atom is 0.235 e. The third-order valence-electron chi connectivity index (χ3n) is 4.29. The Bertz CT molecular complexity index is 909. The molecule has 7 heteroatoms. The van der Waals surface area contributed by atoms with Gasteiger partial charge in [0.05, 0.1) is 19.3 Å². The van der Waals surface area contributed by atoms with Gasteiger partial charge in [0, 0.05) is 6.54 Å². The summed E-state index contributed by atoms with van der Waals surface area (Å²) in [4.78, 5) is 12.2. The van der Waals surface area contributed by atoms with Crippen molar-refractivity contribution in [3.05, 3.63) is 64.7 Å². The first-order chi connectivity index (χ1) is 13.1. The van der Waals surface area contributed by atoms with Crippen LogP contribution in [0.15, 0.2) is 42.5 Å². The fraction of sp³-hybridized carbons (Fsp3) is 0.381. The molecule has 1 N–H and O–H groups in total. The summed E-state index contributed by atoms with van der Waals surface area (Å²) in [5.41, 5.74) is 4.06. The van der Waals surface area contributed by atoms with E-state index in [0.717, 1.165) is 34.3 Å². The molecule has 2 aromatic carbocycles. The molecule has 0 fully saturated rings. The fourth-order valence-corrected chi connectivity index (χ4v) is 3.35. The molecule has 0 bridgehead atoms. The zero-order valence-corrected chi connectivity index (χ0v) is 17.7. The van der Waals surface area contributed by atoms with Crippen molar-refractivity contribution in [1.29, 1.82) is 0 Å². The first-order valence-corrected chi connectivity index (χ1v) is 11.0. The number of ether oxygens (including phenoxy) is 1. The molecule has 2 rings (SSSR count). The Balaban J connectivity index is 1.86. The summed E-state index contributed by atoms with van der Waals surface area (Å²) in [6, 6.07) is 13.5. The second-order valence-corrected chi connectivity index (χ2v) is 8.97. The number of hydrogen-bond acceptors (Lipinski definition) is 4. The topological polar surface area (TPSA) is 75.7 Å². The van der Waals surface area contributed by atoms with Crippen molar-refractivity contribution in [3.8, 4) is 5.75 Å². The van der Waals surface area contributed by atoms with Gasteiger partial charge in [0.15, 0.2) is 0 Å². The van der Waals surface area contributed by atoms with Crippen molar-refractivity contribution < 1.29 is 17.9 Å². The van der Waals surface area contributed by atoms with Gasteiger partial charge in [0.2, 0.25) is 15.9 Å². The van der Waals surface area contributed by atoms with Crippen LogP contribution in [0.2, 0.25) is 0 Å². The molecule has 0 aromatic heterocycles. The van der Waals surface area contributed by atoms with Crippen LogP contribution < -0.4 is 10.1 Å². The molecule has 0 unspecified atom stereocenters. The van der Waals surface area contributed by atoms with Gasteiger partial charge in [0.1, 0.15) is 12.4 Å². The molecule has 152 valence electrons. The number of benzene rings is 2. The van der Waals surface area contributed by atoms with E-state index in [1.165, 1.54) is 4.31 Å². The van der Waals surface area contributed by atoms with Crippen molar-refractivity contribution in [2.45, 2.75) is 27.3 Å². The third kappa shape index (κ3) is 6.98. The Labute approximate surface area is 167 Å². The van der Waals surface area contributed by atoms with E-state index >= 15 is 0 Å². The highest BCUT2D eigenvalue weighted by Crippen LogP contribution is 2.18. The normalized spacial score (nSPS) is 11.5. The van der Waals surface area contributed by atoms with Crippen LogP contribution >= 0.6 is 0 Å². The second kappa shape index (κ2) is 9.71. The quantitative estimate of drug-likeness (QED) is 0.652. The number of carbonyl (C=O) groups is 1. The van der Waals surface area contributed by atoms with Crippen molar-refractivity contribution in [1.82, 2.24) is 9.62 Å². The maximum atomic E-state index is 12.2. The van der Waals surface area contributed by atoms with E-state index in [-0.39, 0.29) is 19.0 Å². The van der Waals surface area contributed by atoms with Crippen LogP contribution in [-0.4, -0.2) is 44.6 Å². The molecule has 28 heavy (non-hydrogen) atoms. The standard InChI is InChI=1S/C21H28N2O4S/c1-16-6-9-19(10-7-16)14-23(28(4,25)26)15-21(24)22-11-12-27-20-13-17(2)5-8-18(20)3/h5-10,13H,11-12,14-15H2,1-4H3,(H,22,24). The van der Waals surface area contributed by atoms with Crippen LogP contribution in [-0.2, 0) is 21.4 Å². The van der Waals surface area contributed by atoms with Crippen molar-refractivity contribution >= 4 is 15.9 Å². The maximum absolute atomic E-state index is 12.2. The molecule has 0 saturated carbocycles. The van der Waals surface area contributed by atoms with Crippen molar-refractivity contribution in [2.24, 2.45) is 0 Å². The average molecular weight is 405 g/mol. The first-order valence-electron chi connectivity index (χ1n) is 9.12. The van der Waals surface area contributed by atoms with Crippen LogP contribution in [0.1, 0.15) is 22.3 Å². The highest BCUT2D eigenvalue weighted by atomic mass is 32.2. The molecule has 0 atom stereocenters. The summed E-state index contributed by atoms with van der Waals surface area (Å²) >= 11 is 0. The molecule has 2 aromatic rings. The Hall–Kier alpha value is -2.38. The minimum Gasteiger partial charge on any atom is -0.491 e. The lowest BCUT2D eigenvalue weighted by atomic mass is 10.1. The van der Waals surface area contributed by atoms with Gasteiger partial charge in [-0.3, -0.25) is 4.79 Å². The molecule has 6 nitrogen and oxygen atoms in total. The van der Waals surface area contributed by atoms with Crippen LogP contribution in [0.5, 0.6) is 5.75 Å². The molecule has 0 saturated heterocycles. The third-order valence-corrected chi connectivity index (χ3v) is 5.49. The molecular formula is C21H28N2O4S. The number of carbonyl (C=O) groups excluding carboxylic acids is 1. The molecule has 0 aliphatic heterocycles. The summed E-state index contributed by atoms with van der Waals surface area (Å²) in [6.07, 6.45) is 1.11. The fourth-order valence-electron chi connectivity index (χ4n) is 2.62. The first kappa shape index (κ1) is 21.9. The lowest BCUT2D eigenvalue weighted by molar-refractivity contribution is -0.121. The van der Waals surface area contributed by atoms with E-state index in [4.69, 9.17) is 4.74 Å². The van der Waals surface area contributed by atoms with E-state index in [1.807, 2.05) is 63.2 Å². The molecule has 0 radical (unpaired) electrons. The summed E-state index contributed by atoms with van der Waals surface area (Å²) < 4.78 is 31.0. The van der Waals surface area contributed by atoms with E-state index in [9.17, 15) is 13.2 Å². The van der Waals surface area contributed by atoms with Crippen molar-refractivity contribution in [3.63, 3.8) is 0 Å². The van der Waals surface area contributed by atoms with Gasteiger partial charge in [0.25, 0.3) is 0 Å². The molecule has 1 amide bonds. The van der Waals surface area contributed by atoms with Crippen LogP contribution in [0.3, 0.4) is 0 Å². The largest absolute Gasteiger partial charge is 0.491 e. The SMILES string of the molecule is Cc1ccc(CN(CC(=O)NCCOc2cc(C)ccc2C)S(C)(=O)=O)cc1. The van der Waals surface area contributed by atoms with Crippen LogP contribution in [0.25, 0.3) is 0 Å². The smallest absolute Gasteiger partial charge is 0.235 e. The summed E-state index contributed by atoms with van der Waals surface area (Å²) in [5, 5.41) is 2.71. The van der Waals surface area contributed by atoms with Gasteiger partial charge in [-0.05, 0) is 43.5 Å². The predicted octanol–water partition coefficient (Wildman–Crippen LogP) is 2.57. The predicted molar refractivity (Wildman–Crippen MR) is 111 cm³/mol. The van der Waals surface area contributed by atoms with E-state index in [2.05, 4.69) is 5.32 Å². The molecular weight excluding hydrogens is 376 g/mol. The van der Waals surface area contributed by atoms with E-state index in [1.54, 1.807) is 0 Å². The van der Waals surface area contributed by atoms with E-state index in [0.29, 0.717) is 13.2 Å². The summed E-state index contributed by atoms with van der Waals surface area (Å²) in [6.45, 7) is 6.46. The van der Waals surface area contributed by atoms with E-state index < -0.39 is 10.0 Å². The zero-order valence-electron chi connectivity index (χ0n) is 16.9. The minimum absolute atomic E-state index is 0.158. The van der Waals surface area contributed by atoms with Gasteiger partial charge >= 0.3 is 0 Å². The zero-order chi connectivity index (χ0) is 20.7. The highest BCUT2D eigenvalue weighted by molar-refractivity contribution is 7.88. The van der Waals surface area contributed by atoms with Crippen LogP contribution in [0, 0.1) is 20.8 Å². The number of sulfonamides is 1. The highest BCUT2D eigenvalue weighted by Gasteiger charge is 2.20. The van der Waals surface area contributed by atoms with Gasteiger partial charge in [-0.1, -0.05) is 42.0 Å². The Morgan fingerprint density at radius 2 is 1.68 bits per heavy atom. The summed E-state index contributed by atoms with van der Waals surface area (Å²) in [7, 11) is -3.51. The number of amides is 1. The van der Waals surface area contributed by atoms with Crippen LogP contribution in [0.4, 0.5) is 0 Å². The Kier molecular flexibility index (Phi) is 7.60. The monoisotopic (exact) mass is 404 g/mol. The van der Waals surface area contributed by atoms with Gasteiger partial charge in [-0.25, -0.2) is 8.42 Å². The molecule has 0 aliphatic carbocycles. The number of rotatable bonds is 9. The second-order valence-electron chi connectivity index (χ2n) is 6.98. The lowest BCUT2D eigenvalue weighted by Crippen LogP contribution is -2.40. The minimum atomic E-state index is -3.51. The number of nitrogens with one attached hydrogen (secondary N) is 1. The molecule has 0 aliphatic rings. The van der Waals surface area contributed by atoms with Gasteiger partial charge < -0.3 is 10.1 Å². The Morgan fingerprint density at radius 3 is 2.32 bits per heavy atom. The molecule has 0 heterocycles.